The number of hydrogen-bond donors (Lipinski definition) is 2. The monoisotopic (exact) mass is 404 g/mol. The number of amides is 1. The molecule has 0 bridgehead atoms. The summed E-state index contributed by atoms with van der Waals surface area (Å²) >= 11 is 0. The second kappa shape index (κ2) is 8.20. The van der Waals surface area contributed by atoms with Crippen LogP contribution in [-0.2, 0) is 14.8 Å². The number of benzene rings is 2. The number of anilines is 1. The van der Waals surface area contributed by atoms with E-state index in [0.717, 1.165) is 17.5 Å². The first kappa shape index (κ1) is 20.2. The normalized spacial score (nSPS) is 14.8. The molecular formula is C20H24N2O5S. The average Bonchev–Trinajstić information content (AvgIpc) is 2.89. The molecule has 1 heterocycles. The molecule has 2 aromatic rings. The number of fused-ring (bicyclic) bond motifs is 1. The lowest BCUT2D eigenvalue weighted by Crippen LogP contribution is -2.41. The Kier molecular flexibility index (Phi) is 5.90. The van der Waals surface area contributed by atoms with Crippen LogP contribution in [0.3, 0.4) is 0 Å². The number of hydrogen-bond acceptors (Lipinski definition) is 5. The molecule has 0 aliphatic carbocycles. The van der Waals surface area contributed by atoms with E-state index in [4.69, 9.17) is 9.47 Å². The standard InChI is InChI=1S/C20H24N2O5S/c1-13-5-6-16(11-14(13)2)21-20(23)15(3)22-28(24,25)17-7-8-18-19(12-17)27-10-4-9-26-18/h5-8,11-12,15,22H,4,9-10H2,1-3H3,(H,21,23). The van der Waals surface area contributed by atoms with Crippen LogP contribution >= 0.6 is 0 Å². The Hall–Kier alpha value is -2.58. The summed E-state index contributed by atoms with van der Waals surface area (Å²) in [7, 11) is -3.90. The van der Waals surface area contributed by atoms with E-state index in [1.54, 1.807) is 12.1 Å². The minimum Gasteiger partial charge on any atom is -0.490 e. The van der Waals surface area contributed by atoms with Crippen molar-refractivity contribution < 1.29 is 22.7 Å². The molecule has 0 spiro atoms. The number of carbonyl (C=O) groups excluding carboxylic acids is 1. The maximum Gasteiger partial charge on any atom is 0.242 e. The van der Waals surface area contributed by atoms with Crippen molar-refractivity contribution in [2.24, 2.45) is 0 Å². The van der Waals surface area contributed by atoms with Gasteiger partial charge < -0.3 is 14.8 Å². The lowest BCUT2D eigenvalue weighted by atomic mass is 10.1. The fraction of sp³-hybridized carbons (Fsp3) is 0.350. The predicted molar refractivity (Wildman–Crippen MR) is 106 cm³/mol. The van der Waals surface area contributed by atoms with E-state index in [1.807, 2.05) is 26.0 Å². The van der Waals surface area contributed by atoms with Crippen LogP contribution in [0.5, 0.6) is 11.5 Å². The molecule has 28 heavy (non-hydrogen) atoms. The molecule has 0 fully saturated rings. The van der Waals surface area contributed by atoms with Gasteiger partial charge in [-0.2, -0.15) is 4.72 Å². The van der Waals surface area contributed by atoms with E-state index >= 15 is 0 Å². The van der Waals surface area contributed by atoms with Crippen molar-refractivity contribution in [3.63, 3.8) is 0 Å². The summed E-state index contributed by atoms with van der Waals surface area (Å²) in [6.45, 7) is 6.40. The van der Waals surface area contributed by atoms with Crippen LogP contribution in [0.25, 0.3) is 0 Å². The van der Waals surface area contributed by atoms with Crippen LogP contribution in [0.15, 0.2) is 41.3 Å². The third-order valence-electron chi connectivity index (χ3n) is 4.53. The third-order valence-corrected chi connectivity index (χ3v) is 6.07. The zero-order valence-electron chi connectivity index (χ0n) is 16.1. The van der Waals surface area contributed by atoms with E-state index in [9.17, 15) is 13.2 Å². The van der Waals surface area contributed by atoms with Crippen molar-refractivity contribution in [1.29, 1.82) is 0 Å². The number of sulfonamides is 1. The zero-order chi connectivity index (χ0) is 20.3. The Balaban J connectivity index is 1.71. The molecule has 8 heteroatoms. The van der Waals surface area contributed by atoms with E-state index in [2.05, 4.69) is 10.0 Å². The Bertz CT molecular complexity index is 988. The number of ether oxygens (including phenoxy) is 2. The van der Waals surface area contributed by atoms with Crippen LogP contribution < -0.4 is 19.5 Å². The topological polar surface area (TPSA) is 93.7 Å². The Labute approximate surface area is 165 Å². The molecular weight excluding hydrogens is 380 g/mol. The van der Waals surface area contributed by atoms with E-state index in [-0.39, 0.29) is 4.90 Å². The van der Waals surface area contributed by atoms with Gasteiger partial charge in [0.2, 0.25) is 15.9 Å². The molecule has 1 unspecified atom stereocenters. The molecule has 7 nitrogen and oxygen atoms in total. The number of carbonyl (C=O) groups is 1. The van der Waals surface area contributed by atoms with Crippen LogP contribution in [0, 0.1) is 13.8 Å². The highest BCUT2D eigenvalue weighted by atomic mass is 32.2. The van der Waals surface area contributed by atoms with E-state index in [0.29, 0.717) is 30.4 Å². The molecule has 3 rings (SSSR count). The lowest BCUT2D eigenvalue weighted by molar-refractivity contribution is -0.117. The molecule has 0 saturated carbocycles. The summed E-state index contributed by atoms with van der Waals surface area (Å²) in [6, 6.07) is 8.99. The maximum atomic E-state index is 12.7. The second-order valence-corrected chi connectivity index (χ2v) is 8.50. The van der Waals surface area contributed by atoms with Gasteiger partial charge >= 0.3 is 0 Å². The van der Waals surface area contributed by atoms with Gasteiger partial charge in [0.15, 0.2) is 11.5 Å². The highest BCUT2D eigenvalue weighted by Gasteiger charge is 2.24. The highest BCUT2D eigenvalue weighted by Crippen LogP contribution is 2.31. The Morgan fingerprint density at radius 3 is 2.43 bits per heavy atom. The SMILES string of the molecule is Cc1ccc(NC(=O)C(C)NS(=O)(=O)c2ccc3c(c2)OCCCO3)cc1C. The number of aryl methyl sites for hydroxylation is 2. The van der Waals surface area contributed by atoms with Gasteiger partial charge in [-0.15, -0.1) is 0 Å². The lowest BCUT2D eigenvalue weighted by Gasteiger charge is -2.16. The van der Waals surface area contributed by atoms with Gasteiger partial charge in [0, 0.05) is 18.2 Å². The van der Waals surface area contributed by atoms with Crippen molar-refractivity contribution in [3.8, 4) is 11.5 Å². The number of nitrogens with one attached hydrogen (secondary N) is 2. The van der Waals surface area contributed by atoms with Crippen LogP contribution in [-0.4, -0.2) is 33.6 Å². The largest absolute Gasteiger partial charge is 0.490 e. The molecule has 1 amide bonds. The molecule has 2 aromatic carbocycles. The van der Waals surface area contributed by atoms with Gasteiger partial charge in [0.25, 0.3) is 0 Å². The first-order valence-electron chi connectivity index (χ1n) is 9.06. The number of rotatable bonds is 5. The van der Waals surface area contributed by atoms with Crippen molar-refractivity contribution >= 4 is 21.6 Å². The smallest absolute Gasteiger partial charge is 0.242 e. The van der Waals surface area contributed by atoms with Crippen LogP contribution in [0.1, 0.15) is 24.5 Å². The summed E-state index contributed by atoms with van der Waals surface area (Å²) in [5, 5.41) is 2.73. The van der Waals surface area contributed by atoms with E-state index in [1.165, 1.54) is 19.1 Å². The molecule has 0 saturated heterocycles. The van der Waals surface area contributed by atoms with Crippen molar-refractivity contribution in [2.45, 2.75) is 38.1 Å². The van der Waals surface area contributed by atoms with Crippen LogP contribution in [0.2, 0.25) is 0 Å². The first-order chi connectivity index (χ1) is 13.3. The average molecular weight is 404 g/mol. The molecule has 1 atom stereocenters. The zero-order valence-corrected chi connectivity index (χ0v) is 16.9. The molecule has 150 valence electrons. The molecule has 0 aromatic heterocycles. The first-order valence-corrected chi connectivity index (χ1v) is 10.5. The summed E-state index contributed by atoms with van der Waals surface area (Å²) < 4.78 is 38.8. The molecule has 1 aliphatic heterocycles. The summed E-state index contributed by atoms with van der Waals surface area (Å²) in [4.78, 5) is 12.4. The van der Waals surface area contributed by atoms with Gasteiger partial charge in [0.05, 0.1) is 24.2 Å². The van der Waals surface area contributed by atoms with Gasteiger partial charge in [-0.3, -0.25) is 4.79 Å². The quantitative estimate of drug-likeness (QED) is 0.799. The van der Waals surface area contributed by atoms with Crippen molar-refractivity contribution in [3.05, 3.63) is 47.5 Å². The fourth-order valence-electron chi connectivity index (χ4n) is 2.73. The second-order valence-electron chi connectivity index (χ2n) is 6.79. The maximum absolute atomic E-state index is 12.7. The Morgan fingerprint density at radius 2 is 1.71 bits per heavy atom. The van der Waals surface area contributed by atoms with Crippen molar-refractivity contribution in [1.82, 2.24) is 4.72 Å². The summed E-state index contributed by atoms with van der Waals surface area (Å²) in [5.41, 5.74) is 2.77. The van der Waals surface area contributed by atoms with Gasteiger partial charge in [0.1, 0.15) is 0 Å². The summed E-state index contributed by atoms with van der Waals surface area (Å²) in [5.74, 6) is 0.450. The minimum atomic E-state index is -3.90. The van der Waals surface area contributed by atoms with Gasteiger partial charge in [-0.25, -0.2) is 8.42 Å². The molecule has 2 N–H and O–H groups in total. The molecule has 0 radical (unpaired) electrons. The predicted octanol–water partition coefficient (Wildman–Crippen LogP) is 2.77. The van der Waals surface area contributed by atoms with Gasteiger partial charge in [-0.05, 0) is 56.2 Å². The Morgan fingerprint density at radius 1 is 1.00 bits per heavy atom. The molecule has 1 aliphatic rings. The van der Waals surface area contributed by atoms with Crippen molar-refractivity contribution in [2.75, 3.05) is 18.5 Å². The van der Waals surface area contributed by atoms with Crippen LogP contribution in [0.4, 0.5) is 5.69 Å². The fourth-order valence-corrected chi connectivity index (χ4v) is 3.95. The summed E-state index contributed by atoms with van der Waals surface area (Å²) in [6.07, 6.45) is 0.727. The highest BCUT2D eigenvalue weighted by molar-refractivity contribution is 7.89. The minimum absolute atomic E-state index is 0.0163. The third kappa shape index (κ3) is 4.63. The van der Waals surface area contributed by atoms with Gasteiger partial charge in [-0.1, -0.05) is 6.07 Å². The van der Waals surface area contributed by atoms with E-state index < -0.39 is 22.0 Å².